The predicted octanol–water partition coefficient (Wildman–Crippen LogP) is 3.48. The Labute approximate surface area is 142 Å². The zero-order valence-corrected chi connectivity index (χ0v) is 14.5. The molecule has 0 radical (unpaired) electrons. The smallest absolute Gasteiger partial charge is 0.270 e. The molecule has 0 saturated carbocycles. The van der Waals surface area contributed by atoms with E-state index in [4.69, 9.17) is 0 Å². The minimum atomic E-state index is -0.273. The summed E-state index contributed by atoms with van der Waals surface area (Å²) in [6, 6.07) is 9.00. The lowest BCUT2D eigenvalue weighted by molar-refractivity contribution is 0.0934. The van der Waals surface area contributed by atoms with Gasteiger partial charge in [-0.15, -0.1) is 0 Å². The highest BCUT2D eigenvalue weighted by Gasteiger charge is 2.14. The van der Waals surface area contributed by atoms with Gasteiger partial charge in [0.05, 0.1) is 0 Å². The summed E-state index contributed by atoms with van der Waals surface area (Å²) in [5, 5.41) is 5.72. The largest absolute Gasteiger partial charge is 0.348 e. The van der Waals surface area contributed by atoms with Crippen LogP contribution in [0.3, 0.4) is 0 Å². The van der Waals surface area contributed by atoms with Crippen LogP contribution in [0.25, 0.3) is 0 Å². The van der Waals surface area contributed by atoms with Gasteiger partial charge in [0.25, 0.3) is 11.8 Å². The number of hydrogen-bond donors (Lipinski definition) is 2. The number of amides is 2. The van der Waals surface area contributed by atoms with Gasteiger partial charge in [0.1, 0.15) is 5.69 Å². The molecule has 1 aromatic carbocycles. The fourth-order valence-corrected chi connectivity index (χ4v) is 2.24. The van der Waals surface area contributed by atoms with E-state index in [1.54, 1.807) is 6.07 Å². The Morgan fingerprint density at radius 2 is 1.88 bits per heavy atom. The SMILES string of the molecule is CCC(C)NC(=O)c1cc(C(=O)Nc2ccc(C)cc2C)ccn1. The van der Waals surface area contributed by atoms with Crippen LogP contribution in [0.2, 0.25) is 0 Å². The first-order valence-electron chi connectivity index (χ1n) is 8.06. The topological polar surface area (TPSA) is 71.1 Å². The van der Waals surface area contributed by atoms with Crippen molar-refractivity contribution in [3.05, 3.63) is 58.9 Å². The molecule has 1 unspecified atom stereocenters. The lowest BCUT2D eigenvalue weighted by atomic mass is 10.1. The highest BCUT2D eigenvalue weighted by atomic mass is 16.2. The van der Waals surface area contributed by atoms with Crippen LogP contribution in [0.15, 0.2) is 36.5 Å². The van der Waals surface area contributed by atoms with E-state index in [0.29, 0.717) is 5.56 Å². The van der Waals surface area contributed by atoms with Crippen LogP contribution in [0, 0.1) is 13.8 Å². The molecule has 1 aromatic heterocycles. The normalized spacial score (nSPS) is 11.7. The fourth-order valence-electron chi connectivity index (χ4n) is 2.24. The monoisotopic (exact) mass is 325 g/mol. The van der Waals surface area contributed by atoms with Crippen molar-refractivity contribution in [3.8, 4) is 0 Å². The first-order chi connectivity index (χ1) is 11.4. The molecule has 1 atom stereocenters. The van der Waals surface area contributed by atoms with Gasteiger partial charge < -0.3 is 10.6 Å². The third-order valence-corrected chi connectivity index (χ3v) is 3.87. The number of anilines is 1. The maximum absolute atomic E-state index is 12.4. The van der Waals surface area contributed by atoms with Gasteiger partial charge in [0, 0.05) is 23.5 Å². The molecule has 0 fully saturated rings. The Morgan fingerprint density at radius 1 is 1.12 bits per heavy atom. The van der Waals surface area contributed by atoms with E-state index in [0.717, 1.165) is 23.2 Å². The third kappa shape index (κ3) is 4.41. The van der Waals surface area contributed by atoms with E-state index in [1.165, 1.54) is 12.3 Å². The van der Waals surface area contributed by atoms with Gasteiger partial charge in [-0.1, -0.05) is 24.6 Å². The molecule has 0 saturated heterocycles. The molecular formula is C19H23N3O2. The summed E-state index contributed by atoms with van der Waals surface area (Å²) in [7, 11) is 0. The average Bonchev–Trinajstić information content (AvgIpc) is 2.57. The molecule has 0 spiro atoms. The summed E-state index contributed by atoms with van der Waals surface area (Å²) in [5.41, 5.74) is 3.53. The molecule has 2 rings (SSSR count). The van der Waals surface area contributed by atoms with Crippen LogP contribution < -0.4 is 10.6 Å². The fraction of sp³-hybridized carbons (Fsp3) is 0.316. The number of aromatic nitrogens is 1. The first-order valence-corrected chi connectivity index (χ1v) is 8.06. The highest BCUT2D eigenvalue weighted by molar-refractivity contribution is 6.06. The van der Waals surface area contributed by atoms with Gasteiger partial charge in [0.15, 0.2) is 0 Å². The molecule has 1 heterocycles. The predicted molar refractivity (Wildman–Crippen MR) is 95.3 cm³/mol. The Bertz CT molecular complexity index is 756. The van der Waals surface area contributed by atoms with E-state index < -0.39 is 0 Å². The standard InChI is InChI=1S/C19H23N3O2/c1-5-14(4)21-19(24)17-11-15(8-9-20-17)18(23)22-16-7-6-12(2)10-13(16)3/h6-11,14H,5H2,1-4H3,(H,21,24)(H,22,23). The maximum Gasteiger partial charge on any atom is 0.270 e. The summed E-state index contributed by atoms with van der Waals surface area (Å²) < 4.78 is 0. The molecule has 0 bridgehead atoms. The van der Waals surface area contributed by atoms with E-state index in [1.807, 2.05) is 45.9 Å². The number of rotatable bonds is 5. The Hall–Kier alpha value is -2.69. The number of carbonyl (C=O) groups is 2. The molecule has 2 N–H and O–H groups in total. The molecule has 2 aromatic rings. The summed E-state index contributed by atoms with van der Waals surface area (Å²) in [5.74, 6) is -0.535. The van der Waals surface area contributed by atoms with Crippen LogP contribution in [-0.4, -0.2) is 22.8 Å². The van der Waals surface area contributed by atoms with Gasteiger partial charge in [-0.3, -0.25) is 14.6 Å². The van der Waals surface area contributed by atoms with Crippen LogP contribution in [0.4, 0.5) is 5.69 Å². The number of hydrogen-bond acceptors (Lipinski definition) is 3. The quantitative estimate of drug-likeness (QED) is 0.884. The molecule has 0 aliphatic rings. The van der Waals surface area contributed by atoms with Crippen LogP contribution in [0.5, 0.6) is 0 Å². The molecule has 5 heteroatoms. The Morgan fingerprint density at radius 3 is 2.54 bits per heavy atom. The van der Waals surface area contributed by atoms with Crippen molar-refractivity contribution >= 4 is 17.5 Å². The second-order valence-electron chi connectivity index (χ2n) is 5.99. The van der Waals surface area contributed by atoms with E-state index in [-0.39, 0.29) is 23.6 Å². The van der Waals surface area contributed by atoms with Crippen molar-refractivity contribution in [2.45, 2.75) is 40.2 Å². The Kier molecular flexibility index (Phi) is 5.68. The molecule has 0 aliphatic heterocycles. The zero-order valence-electron chi connectivity index (χ0n) is 14.5. The second kappa shape index (κ2) is 7.73. The minimum absolute atomic E-state index is 0.0620. The van der Waals surface area contributed by atoms with Crippen LogP contribution in [-0.2, 0) is 0 Å². The van der Waals surface area contributed by atoms with E-state index >= 15 is 0 Å². The van der Waals surface area contributed by atoms with Crippen molar-refractivity contribution in [3.63, 3.8) is 0 Å². The molecule has 24 heavy (non-hydrogen) atoms. The molecule has 0 aliphatic carbocycles. The summed E-state index contributed by atoms with van der Waals surface area (Å²) in [6.45, 7) is 7.87. The lowest BCUT2D eigenvalue weighted by Gasteiger charge is -2.12. The minimum Gasteiger partial charge on any atom is -0.348 e. The highest BCUT2D eigenvalue weighted by Crippen LogP contribution is 2.17. The molecular weight excluding hydrogens is 302 g/mol. The molecule has 126 valence electrons. The number of nitrogens with one attached hydrogen (secondary N) is 2. The number of aryl methyl sites for hydroxylation is 2. The number of pyridine rings is 1. The third-order valence-electron chi connectivity index (χ3n) is 3.87. The van der Waals surface area contributed by atoms with E-state index in [2.05, 4.69) is 15.6 Å². The number of carbonyl (C=O) groups excluding carboxylic acids is 2. The summed E-state index contributed by atoms with van der Waals surface area (Å²) >= 11 is 0. The van der Waals surface area contributed by atoms with Crippen LogP contribution >= 0.6 is 0 Å². The van der Waals surface area contributed by atoms with Crippen molar-refractivity contribution in [2.75, 3.05) is 5.32 Å². The second-order valence-corrected chi connectivity index (χ2v) is 5.99. The van der Waals surface area contributed by atoms with Crippen molar-refractivity contribution in [1.29, 1.82) is 0 Å². The number of benzene rings is 1. The van der Waals surface area contributed by atoms with Crippen molar-refractivity contribution in [2.24, 2.45) is 0 Å². The van der Waals surface area contributed by atoms with Crippen molar-refractivity contribution in [1.82, 2.24) is 10.3 Å². The van der Waals surface area contributed by atoms with E-state index in [9.17, 15) is 9.59 Å². The number of nitrogens with zero attached hydrogens (tertiary/aromatic N) is 1. The zero-order chi connectivity index (χ0) is 17.7. The summed E-state index contributed by atoms with van der Waals surface area (Å²) in [4.78, 5) is 28.6. The first kappa shape index (κ1) is 17.7. The van der Waals surface area contributed by atoms with Gasteiger partial charge in [-0.05, 0) is 51.0 Å². The van der Waals surface area contributed by atoms with Gasteiger partial charge in [-0.2, -0.15) is 0 Å². The average molecular weight is 325 g/mol. The molecule has 2 amide bonds. The molecule has 5 nitrogen and oxygen atoms in total. The maximum atomic E-state index is 12.4. The van der Waals surface area contributed by atoms with Crippen LogP contribution in [0.1, 0.15) is 52.2 Å². The van der Waals surface area contributed by atoms with Gasteiger partial charge in [0.2, 0.25) is 0 Å². The van der Waals surface area contributed by atoms with Gasteiger partial charge in [-0.25, -0.2) is 0 Å². The lowest BCUT2D eigenvalue weighted by Crippen LogP contribution is -2.32. The Balaban J connectivity index is 2.15. The summed E-state index contributed by atoms with van der Waals surface area (Å²) in [6.07, 6.45) is 2.31. The van der Waals surface area contributed by atoms with Crippen molar-refractivity contribution < 1.29 is 9.59 Å². The van der Waals surface area contributed by atoms with Gasteiger partial charge >= 0.3 is 0 Å².